The van der Waals surface area contributed by atoms with E-state index in [1.54, 1.807) is 12.1 Å². The molecule has 0 radical (unpaired) electrons. The Bertz CT molecular complexity index is 513. The molecule has 0 spiro atoms. The summed E-state index contributed by atoms with van der Waals surface area (Å²) in [6.07, 6.45) is 3.29. The van der Waals surface area contributed by atoms with Crippen LogP contribution in [0.25, 0.3) is 0 Å². The summed E-state index contributed by atoms with van der Waals surface area (Å²) in [5.41, 5.74) is 7.64. The highest BCUT2D eigenvalue weighted by molar-refractivity contribution is 5.98. The first-order chi connectivity index (χ1) is 9.97. The van der Waals surface area contributed by atoms with Gasteiger partial charge in [-0.15, -0.1) is 0 Å². The third-order valence-corrected chi connectivity index (χ3v) is 3.97. The van der Waals surface area contributed by atoms with Gasteiger partial charge in [0.2, 0.25) is 5.91 Å². The number of hydrogen-bond donors (Lipinski definition) is 2. The molecular formula is C16H22N2O3. The van der Waals surface area contributed by atoms with E-state index >= 15 is 0 Å². The molecule has 0 bridgehead atoms. The quantitative estimate of drug-likeness (QED) is 0.887. The van der Waals surface area contributed by atoms with E-state index in [4.69, 9.17) is 10.8 Å². The number of aryl methyl sites for hydroxylation is 1. The molecule has 2 unspecified atom stereocenters. The van der Waals surface area contributed by atoms with Gasteiger partial charge in [-0.2, -0.15) is 0 Å². The van der Waals surface area contributed by atoms with E-state index in [9.17, 15) is 9.59 Å². The zero-order valence-corrected chi connectivity index (χ0v) is 12.3. The van der Waals surface area contributed by atoms with Crippen LogP contribution in [0.1, 0.15) is 31.2 Å². The summed E-state index contributed by atoms with van der Waals surface area (Å²) in [5.74, 6) is -1.31. The van der Waals surface area contributed by atoms with E-state index < -0.39 is 5.97 Å². The van der Waals surface area contributed by atoms with Gasteiger partial charge in [0.15, 0.2) is 0 Å². The van der Waals surface area contributed by atoms with E-state index in [-0.39, 0.29) is 24.4 Å². The molecule has 3 N–H and O–H groups in total. The Morgan fingerprint density at radius 3 is 2.52 bits per heavy atom. The molecule has 1 aliphatic rings. The monoisotopic (exact) mass is 290 g/mol. The smallest absolute Gasteiger partial charge is 0.323 e. The van der Waals surface area contributed by atoms with Crippen molar-refractivity contribution in [3.8, 4) is 0 Å². The molecule has 2 atom stereocenters. The first-order valence-corrected chi connectivity index (χ1v) is 7.33. The van der Waals surface area contributed by atoms with Crippen molar-refractivity contribution in [1.29, 1.82) is 0 Å². The maximum atomic E-state index is 12.7. The predicted octanol–water partition coefficient (Wildman–Crippen LogP) is 1.93. The molecular weight excluding hydrogens is 268 g/mol. The number of amides is 1. The summed E-state index contributed by atoms with van der Waals surface area (Å²) in [6.45, 7) is 1.64. The van der Waals surface area contributed by atoms with Gasteiger partial charge in [0, 0.05) is 17.6 Å². The van der Waals surface area contributed by atoms with Gasteiger partial charge in [0.25, 0.3) is 0 Å². The molecule has 1 aliphatic carbocycles. The lowest BCUT2D eigenvalue weighted by Crippen LogP contribution is -2.43. The predicted molar refractivity (Wildman–Crippen MR) is 81.1 cm³/mol. The molecule has 0 aliphatic heterocycles. The molecule has 114 valence electrons. The Morgan fingerprint density at radius 1 is 1.29 bits per heavy atom. The zero-order chi connectivity index (χ0) is 15.4. The van der Waals surface area contributed by atoms with Crippen LogP contribution in [-0.2, 0) is 9.59 Å². The van der Waals surface area contributed by atoms with E-state index in [1.807, 2.05) is 19.1 Å². The van der Waals surface area contributed by atoms with Crippen LogP contribution < -0.4 is 10.6 Å². The fourth-order valence-electron chi connectivity index (χ4n) is 2.83. The average molecular weight is 290 g/mol. The van der Waals surface area contributed by atoms with Gasteiger partial charge >= 0.3 is 5.97 Å². The maximum absolute atomic E-state index is 12.7. The van der Waals surface area contributed by atoms with Crippen molar-refractivity contribution in [1.82, 2.24) is 0 Å². The van der Waals surface area contributed by atoms with Crippen LogP contribution in [-0.4, -0.2) is 29.6 Å². The summed E-state index contributed by atoms with van der Waals surface area (Å²) >= 11 is 0. The Morgan fingerprint density at radius 2 is 1.95 bits per heavy atom. The molecule has 1 fully saturated rings. The second-order valence-corrected chi connectivity index (χ2v) is 5.78. The fourth-order valence-corrected chi connectivity index (χ4v) is 2.83. The molecule has 0 aromatic heterocycles. The summed E-state index contributed by atoms with van der Waals surface area (Å²) in [5, 5.41) is 9.08. The zero-order valence-electron chi connectivity index (χ0n) is 12.3. The number of rotatable bonds is 4. The van der Waals surface area contributed by atoms with E-state index in [0.29, 0.717) is 12.1 Å². The molecule has 0 saturated heterocycles. The van der Waals surface area contributed by atoms with Crippen LogP contribution in [0.15, 0.2) is 24.3 Å². The molecule has 5 nitrogen and oxygen atoms in total. The molecule has 1 amide bonds. The Hall–Kier alpha value is -1.88. The number of hydrogen-bond acceptors (Lipinski definition) is 3. The topological polar surface area (TPSA) is 83.6 Å². The number of carbonyl (C=O) groups is 2. The number of carboxylic acids is 1. The van der Waals surface area contributed by atoms with Crippen molar-refractivity contribution in [2.24, 2.45) is 11.7 Å². The van der Waals surface area contributed by atoms with Crippen LogP contribution in [0, 0.1) is 12.8 Å². The SMILES string of the molecule is Cc1ccc(N(CC(=O)O)C(=O)C2CCCC(N)C2)cc1. The third kappa shape index (κ3) is 4.04. The first kappa shape index (κ1) is 15.5. The Kier molecular flexibility index (Phi) is 4.96. The minimum atomic E-state index is -1.01. The van der Waals surface area contributed by atoms with Crippen molar-refractivity contribution in [2.75, 3.05) is 11.4 Å². The van der Waals surface area contributed by atoms with Gasteiger partial charge in [-0.25, -0.2) is 0 Å². The largest absolute Gasteiger partial charge is 0.480 e. The van der Waals surface area contributed by atoms with E-state index in [0.717, 1.165) is 24.8 Å². The van der Waals surface area contributed by atoms with E-state index in [2.05, 4.69) is 0 Å². The second-order valence-electron chi connectivity index (χ2n) is 5.78. The number of nitrogens with zero attached hydrogens (tertiary/aromatic N) is 1. The van der Waals surface area contributed by atoms with Crippen LogP contribution in [0.4, 0.5) is 5.69 Å². The highest BCUT2D eigenvalue weighted by Crippen LogP contribution is 2.27. The number of anilines is 1. The molecule has 1 aromatic rings. The maximum Gasteiger partial charge on any atom is 0.323 e. The molecule has 0 heterocycles. The summed E-state index contributed by atoms with van der Waals surface area (Å²) in [7, 11) is 0. The number of aliphatic carboxylic acids is 1. The lowest BCUT2D eigenvalue weighted by molar-refractivity contribution is -0.137. The number of nitrogens with two attached hydrogens (primary N) is 1. The number of benzene rings is 1. The fraction of sp³-hybridized carbons (Fsp3) is 0.500. The Labute approximate surface area is 124 Å². The number of carboxylic acid groups (broad SMARTS) is 1. The van der Waals surface area contributed by atoms with Gasteiger partial charge in [-0.3, -0.25) is 9.59 Å². The minimum absolute atomic E-state index is 0.0393. The minimum Gasteiger partial charge on any atom is -0.480 e. The van der Waals surface area contributed by atoms with Crippen LogP contribution in [0.5, 0.6) is 0 Å². The van der Waals surface area contributed by atoms with Crippen LogP contribution >= 0.6 is 0 Å². The third-order valence-electron chi connectivity index (χ3n) is 3.97. The van der Waals surface area contributed by atoms with Crippen molar-refractivity contribution < 1.29 is 14.7 Å². The van der Waals surface area contributed by atoms with E-state index in [1.165, 1.54) is 4.90 Å². The average Bonchev–Trinajstić information content (AvgIpc) is 2.45. The standard InChI is InChI=1S/C16H22N2O3/c1-11-5-7-14(8-6-11)18(10-15(19)20)16(21)12-3-2-4-13(17)9-12/h5-8,12-13H,2-4,9-10,17H2,1H3,(H,19,20). The molecule has 1 aromatic carbocycles. The lowest BCUT2D eigenvalue weighted by Gasteiger charge is -2.30. The summed E-state index contributed by atoms with van der Waals surface area (Å²) in [4.78, 5) is 25.1. The molecule has 21 heavy (non-hydrogen) atoms. The van der Waals surface area contributed by atoms with Gasteiger partial charge in [0.1, 0.15) is 6.54 Å². The van der Waals surface area contributed by atoms with Crippen molar-refractivity contribution in [2.45, 2.75) is 38.6 Å². The van der Waals surface area contributed by atoms with Crippen LogP contribution in [0.2, 0.25) is 0 Å². The van der Waals surface area contributed by atoms with Crippen LogP contribution in [0.3, 0.4) is 0 Å². The second kappa shape index (κ2) is 6.72. The normalized spacial score (nSPS) is 21.8. The van der Waals surface area contributed by atoms with Gasteiger partial charge in [-0.05, 0) is 38.3 Å². The molecule has 1 saturated carbocycles. The highest BCUT2D eigenvalue weighted by Gasteiger charge is 2.30. The molecule has 2 rings (SSSR count). The van der Waals surface area contributed by atoms with Gasteiger partial charge in [-0.1, -0.05) is 24.1 Å². The highest BCUT2D eigenvalue weighted by atomic mass is 16.4. The Balaban J connectivity index is 2.20. The summed E-state index contributed by atoms with van der Waals surface area (Å²) in [6, 6.07) is 7.38. The van der Waals surface area contributed by atoms with Gasteiger partial charge in [0.05, 0.1) is 0 Å². The summed E-state index contributed by atoms with van der Waals surface area (Å²) < 4.78 is 0. The number of carbonyl (C=O) groups excluding carboxylic acids is 1. The molecule has 5 heteroatoms. The van der Waals surface area contributed by atoms with Gasteiger partial charge < -0.3 is 15.7 Å². The van der Waals surface area contributed by atoms with Crippen molar-refractivity contribution in [3.63, 3.8) is 0 Å². The first-order valence-electron chi connectivity index (χ1n) is 7.33. The lowest BCUT2D eigenvalue weighted by atomic mass is 9.85. The van der Waals surface area contributed by atoms with Crippen molar-refractivity contribution >= 4 is 17.6 Å². The van der Waals surface area contributed by atoms with Crippen molar-refractivity contribution in [3.05, 3.63) is 29.8 Å².